The molecule has 0 atom stereocenters. The highest BCUT2D eigenvalue weighted by Gasteiger charge is 2.14. The summed E-state index contributed by atoms with van der Waals surface area (Å²) in [5.74, 6) is 0.638. The van der Waals surface area contributed by atoms with Crippen LogP contribution in [0, 0.1) is 6.92 Å². The van der Waals surface area contributed by atoms with Crippen LogP contribution in [0.5, 0.6) is 5.75 Å². The van der Waals surface area contributed by atoms with Crippen molar-refractivity contribution in [1.82, 2.24) is 25.0 Å². The zero-order valence-corrected chi connectivity index (χ0v) is 10.4. The van der Waals surface area contributed by atoms with Crippen molar-refractivity contribution in [2.75, 3.05) is 7.11 Å². The van der Waals surface area contributed by atoms with E-state index in [9.17, 15) is 4.79 Å². The molecule has 0 fully saturated rings. The molecule has 7 nitrogen and oxygen atoms in total. The Morgan fingerprint density at radius 3 is 3.00 bits per heavy atom. The van der Waals surface area contributed by atoms with E-state index in [1.165, 1.54) is 11.0 Å². The summed E-state index contributed by atoms with van der Waals surface area (Å²) in [5, 5.41) is 7.83. The lowest BCUT2D eigenvalue weighted by molar-refractivity contribution is 0.411. The van der Waals surface area contributed by atoms with E-state index in [-0.39, 0.29) is 11.1 Å². The van der Waals surface area contributed by atoms with E-state index in [0.717, 1.165) is 5.56 Å². The Hall–Kier alpha value is -2.70. The third kappa shape index (κ3) is 1.75. The van der Waals surface area contributed by atoms with E-state index >= 15 is 0 Å². The van der Waals surface area contributed by atoms with E-state index in [1.54, 1.807) is 7.11 Å². The lowest BCUT2D eigenvalue weighted by atomic mass is 10.2. The molecule has 7 heteroatoms. The lowest BCUT2D eigenvalue weighted by Gasteiger charge is -2.08. The van der Waals surface area contributed by atoms with E-state index in [2.05, 4.69) is 20.3 Å². The molecule has 96 valence electrons. The van der Waals surface area contributed by atoms with Crippen molar-refractivity contribution in [3.8, 4) is 11.4 Å². The number of ether oxygens (including phenoxy) is 1. The fourth-order valence-corrected chi connectivity index (χ4v) is 1.89. The van der Waals surface area contributed by atoms with Gasteiger partial charge in [-0.2, -0.15) is 4.68 Å². The van der Waals surface area contributed by atoms with Crippen molar-refractivity contribution >= 4 is 11.2 Å². The number of aromatic nitrogens is 5. The molecule has 0 amide bonds. The molecule has 0 unspecified atom stereocenters. The Labute approximate surface area is 107 Å². The number of aryl methyl sites for hydroxylation is 1. The topological polar surface area (TPSA) is 85.7 Å². The predicted molar refractivity (Wildman–Crippen MR) is 68.6 cm³/mol. The molecular weight excluding hydrogens is 246 g/mol. The molecule has 0 radical (unpaired) electrons. The molecule has 1 aromatic carbocycles. The summed E-state index contributed by atoms with van der Waals surface area (Å²) in [4.78, 5) is 18.2. The van der Waals surface area contributed by atoms with E-state index in [4.69, 9.17) is 4.74 Å². The second kappa shape index (κ2) is 4.20. The third-order valence-electron chi connectivity index (χ3n) is 2.81. The Morgan fingerprint density at radius 2 is 2.21 bits per heavy atom. The minimum Gasteiger partial charge on any atom is -0.494 e. The molecule has 3 rings (SSSR count). The van der Waals surface area contributed by atoms with Crippen molar-refractivity contribution in [3.63, 3.8) is 0 Å². The lowest BCUT2D eigenvalue weighted by Crippen LogP contribution is -2.07. The minimum atomic E-state index is -0.317. The molecule has 0 spiro atoms. The van der Waals surface area contributed by atoms with Crippen molar-refractivity contribution in [2.45, 2.75) is 6.92 Å². The first kappa shape index (κ1) is 11.4. The molecule has 0 aliphatic carbocycles. The predicted octanol–water partition coefficient (Wildman–Crippen LogP) is 0.821. The number of methoxy groups -OCH3 is 1. The molecule has 1 N–H and O–H groups in total. The number of nitrogens with one attached hydrogen (secondary N) is 1. The van der Waals surface area contributed by atoms with Gasteiger partial charge >= 0.3 is 0 Å². The van der Waals surface area contributed by atoms with Gasteiger partial charge in [0.2, 0.25) is 0 Å². The van der Waals surface area contributed by atoms with Crippen molar-refractivity contribution in [3.05, 3.63) is 40.4 Å². The maximum Gasteiger partial charge on any atom is 0.280 e. The number of rotatable bonds is 2. The van der Waals surface area contributed by atoms with Crippen molar-refractivity contribution < 1.29 is 4.74 Å². The standard InChI is InChI=1S/C12H11N5O2/c1-7-3-4-9(19-2)8(5-7)17-11-10(15-16-17)12(18)14-6-13-11/h3-6H,1-2H3,(H,13,14,18). The average molecular weight is 257 g/mol. The summed E-state index contributed by atoms with van der Waals surface area (Å²) in [5.41, 5.74) is 2.02. The van der Waals surface area contributed by atoms with Gasteiger partial charge in [0.15, 0.2) is 11.2 Å². The largest absolute Gasteiger partial charge is 0.494 e. The monoisotopic (exact) mass is 257 g/mol. The summed E-state index contributed by atoms with van der Waals surface area (Å²) in [6.07, 6.45) is 1.33. The quantitative estimate of drug-likeness (QED) is 0.734. The first-order valence-electron chi connectivity index (χ1n) is 5.65. The molecule has 0 saturated carbocycles. The van der Waals surface area contributed by atoms with E-state index in [0.29, 0.717) is 17.1 Å². The zero-order valence-electron chi connectivity index (χ0n) is 10.4. The van der Waals surface area contributed by atoms with Crippen LogP contribution < -0.4 is 10.3 Å². The zero-order chi connectivity index (χ0) is 13.4. The fraction of sp³-hybridized carbons (Fsp3) is 0.167. The van der Waals surface area contributed by atoms with Crippen molar-refractivity contribution in [1.29, 1.82) is 0 Å². The van der Waals surface area contributed by atoms with Crippen LogP contribution in [-0.4, -0.2) is 32.1 Å². The summed E-state index contributed by atoms with van der Waals surface area (Å²) in [6.45, 7) is 1.96. The van der Waals surface area contributed by atoms with E-state index < -0.39 is 0 Å². The van der Waals surface area contributed by atoms with Crippen molar-refractivity contribution in [2.24, 2.45) is 0 Å². The van der Waals surface area contributed by atoms with Gasteiger partial charge in [0.05, 0.1) is 13.4 Å². The van der Waals surface area contributed by atoms with Gasteiger partial charge in [-0.15, -0.1) is 5.10 Å². The highest BCUT2D eigenvalue weighted by Crippen LogP contribution is 2.24. The third-order valence-corrected chi connectivity index (χ3v) is 2.81. The van der Waals surface area contributed by atoms with Gasteiger partial charge in [0.25, 0.3) is 5.56 Å². The Kier molecular flexibility index (Phi) is 2.52. The average Bonchev–Trinajstić information content (AvgIpc) is 2.84. The Morgan fingerprint density at radius 1 is 1.37 bits per heavy atom. The number of benzene rings is 1. The van der Waals surface area contributed by atoms with Gasteiger partial charge in [-0.3, -0.25) is 4.79 Å². The van der Waals surface area contributed by atoms with Crippen LogP contribution in [0.25, 0.3) is 16.9 Å². The van der Waals surface area contributed by atoms with Gasteiger partial charge in [-0.25, -0.2) is 4.98 Å². The maximum absolute atomic E-state index is 11.6. The highest BCUT2D eigenvalue weighted by atomic mass is 16.5. The van der Waals surface area contributed by atoms with E-state index in [1.807, 2.05) is 25.1 Å². The van der Waals surface area contributed by atoms with Gasteiger partial charge in [0.1, 0.15) is 11.4 Å². The second-order valence-corrected chi connectivity index (χ2v) is 4.08. The Balaban J connectivity index is 2.33. The first-order valence-corrected chi connectivity index (χ1v) is 5.65. The second-order valence-electron chi connectivity index (χ2n) is 4.08. The number of fused-ring (bicyclic) bond motifs is 1. The smallest absolute Gasteiger partial charge is 0.280 e. The van der Waals surface area contributed by atoms with Gasteiger partial charge < -0.3 is 9.72 Å². The SMILES string of the molecule is COc1ccc(C)cc1-n1nnc2c(=O)[nH]cnc21. The summed E-state index contributed by atoms with van der Waals surface area (Å²) < 4.78 is 6.80. The van der Waals surface area contributed by atoms with Gasteiger partial charge in [-0.05, 0) is 24.6 Å². The fourth-order valence-electron chi connectivity index (χ4n) is 1.89. The number of aromatic amines is 1. The number of hydrogen-bond donors (Lipinski definition) is 1. The molecule has 19 heavy (non-hydrogen) atoms. The molecule has 0 saturated heterocycles. The Bertz CT molecular complexity index is 805. The molecule has 2 aromatic heterocycles. The van der Waals surface area contributed by atoms with Crippen LogP contribution in [-0.2, 0) is 0 Å². The molecule has 0 bridgehead atoms. The maximum atomic E-state index is 11.6. The summed E-state index contributed by atoms with van der Waals surface area (Å²) >= 11 is 0. The van der Waals surface area contributed by atoms with Gasteiger partial charge in [-0.1, -0.05) is 11.3 Å². The summed E-state index contributed by atoms with van der Waals surface area (Å²) in [7, 11) is 1.58. The highest BCUT2D eigenvalue weighted by molar-refractivity contribution is 5.71. The number of hydrogen-bond acceptors (Lipinski definition) is 5. The molecule has 2 heterocycles. The molecular formula is C12H11N5O2. The van der Waals surface area contributed by atoms with Crippen LogP contribution in [0.3, 0.4) is 0 Å². The summed E-state index contributed by atoms with van der Waals surface area (Å²) in [6, 6.07) is 5.67. The molecule has 3 aromatic rings. The molecule has 0 aliphatic heterocycles. The molecule has 0 aliphatic rings. The minimum absolute atomic E-state index is 0.200. The van der Waals surface area contributed by atoms with Crippen LogP contribution in [0.15, 0.2) is 29.3 Å². The number of H-pyrrole nitrogens is 1. The normalized spacial score (nSPS) is 10.8. The van der Waals surface area contributed by atoms with Crippen LogP contribution >= 0.6 is 0 Å². The van der Waals surface area contributed by atoms with Crippen LogP contribution in [0.1, 0.15) is 5.56 Å². The first-order chi connectivity index (χ1) is 9.20. The van der Waals surface area contributed by atoms with Crippen LogP contribution in [0.4, 0.5) is 0 Å². The van der Waals surface area contributed by atoms with Gasteiger partial charge in [0, 0.05) is 0 Å². The van der Waals surface area contributed by atoms with Crippen LogP contribution in [0.2, 0.25) is 0 Å². The number of nitrogens with zero attached hydrogens (tertiary/aromatic N) is 4.